The van der Waals surface area contributed by atoms with Crippen molar-refractivity contribution in [2.45, 2.75) is 37.9 Å². The molecular weight excluding hydrogens is 126 g/mol. The lowest BCUT2D eigenvalue weighted by atomic mass is 9.87. The molecule has 0 radical (unpaired) electrons. The van der Waals surface area contributed by atoms with E-state index < -0.39 is 0 Å². The number of nitrogens with zero attached hydrogens (tertiary/aromatic N) is 1. The first-order valence-corrected chi connectivity index (χ1v) is 3.94. The summed E-state index contributed by atoms with van der Waals surface area (Å²) in [4.78, 5) is 0. The fourth-order valence-corrected chi connectivity index (χ4v) is 1.88. The van der Waals surface area contributed by atoms with E-state index in [4.69, 9.17) is 10.00 Å². The zero-order chi connectivity index (χ0) is 6.97. The Morgan fingerprint density at radius 2 is 2.40 bits per heavy atom. The minimum Gasteiger partial charge on any atom is -0.369 e. The maximum Gasteiger partial charge on any atom is 0.0879 e. The molecule has 0 unspecified atom stereocenters. The van der Waals surface area contributed by atoms with Gasteiger partial charge < -0.3 is 4.74 Å². The molecule has 0 aromatic heterocycles. The van der Waals surface area contributed by atoms with Crippen molar-refractivity contribution < 1.29 is 4.74 Å². The van der Waals surface area contributed by atoms with Crippen LogP contribution in [0.1, 0.15) is 25.7 Å². The molecule has 0 N–H and O–H groups in total. The Bertz CT molecular complexity index is 173. The van der Waals surface area contributed by atoms with Crippen LogP contribution in [0.25, 0.3) is 0 Å². The van der Waals surface area contributed by atoms with Crippen molar-refractivity contribution in [3.8, 4) is 6.07 Å². The van der Waals surface area contributed by atoms with E-state index in [2.05, 4.69) is 6.07 Å². The minimum atomic E-state index is 0.466. The van der Waals surface area contributed by atoms with Crippen LogP contribution in [0.5, 0.6) is 0 Å². The highest BCUT2D eigenvalue weighted by Crippen LogP contribution is 2.41. The molecule has 10 heavy (non-hydrogen) atoms. The van der Waals surface area contributed by atoms with Crippen LogP contribution in [0.2, 0.25) is 0 Å². The molecular formula is C8H11NO. The quantitative estimate of drug-likeness (QED) is 0.513. The van der Waals surface area contributed by atoms with Gasteiger partial charge in [-0.1, -0.05) is 6.42 Å². The van der Waals surface area contributed by atoms with Crippen LogP contribution < -0.4 is 0 Å². The van der Waals surface area contributed by atoms with Gasteiger partial charge in [-0.05, 0) is 12.8 Å². The highest BCUT2D eigenvalue weighted by atomic mass is 16.6. The zero-order valence-electron chi connectivity index (χ0n) is 5.92. The Morgan fingerprint density at radius 3 is 3.20 bits per heavy atom. The number of ether oxygens (including phenoxy) is 1. The van der Waals surface area contributed by atoms with Crippen molar-refractivity contribution in [1.82, 2.24) is 0 Å². The van der Waals surface area contributed by atoms with Gasteiger partial charge in [0.15, 0.2) is 0 Å². The second kappa shape index (κ2) is 2.25. The molecule has 54 valence electrons. The summed E-state index contributed by atoms with van der Waals surface area (Å²) in [6.45, 7) is 0. The summed E-state index contributed by atoms with van der Waals surface area (Å²) >= 11 is 0. The van der Waals surface area contributed by atoms with E-state index in [1.165, 1.54) is 19.3 Å². The topological polar surface area (TPSA) is 36.3 Å². The van der Waals surface area contributed by atoms with E-state index in [0.29, 0.717) is 24.5 Å². The molecule has 2 aliphatic rings. The first-order valence-electron chi connectivity index (χ1n) is 3.94. The van der Waals surface area contributed by atoms with Crippen LogP contribution in [0.4, 0.5) is 0 Å². The maximum absolute atomic E-state index is 8.45. The smallest absolute Gasteiger partial charge is 0.0879 e. The van der Waals surface area contributed by atoms with Gasteiger partial charge in [0, 0.05) is 12.3 Å². The number of fused-ring (bicyclic) bond motifs is 1. The van der Waals surface area contributed by atoms with Crippen LogP contribution in [0.15, 0.2) is 0 Å². The molecule has 0 spiro atoms. The molecule has 1 heterocycles. The van der Waals surface area contributed by atoms with Gasteiger partial charge in [0.05, 0.1) is 18.3 Å². The van der Waals surface area contributed by atoms with Gasteiger partial charge in [-0.2, -0.15) is 5.26 Å². The van der Waals surface area contributed by atoms with Gasteiger partial charge in [-0.25, -0.2) is 0 Å². The summed E-state index contributed by atoms with van der Waals surface area (Å²) in [5.74, 6) is 0.559. The fourth-order valence-electron chi connectivity index (χ4n) is 1.88. The first-order chi connectivity index (χ1) is 4.92. The molecule has 2 nitrogen and oxygen atoms in total. The van der Waals surface area contributed by atoms with Crippen LogP contribution in [-0.4, -0.2) is 12.2 Å². The Balaban J connectivity index is 1.91. The Hall–Kier alpha value is -0.550. The Labute approximate surface area is 60.8 Å². The molecule has 3 atom stereocenters. The third-order valence-corrected chi connectivity index (χ3v) is 2.50. The lowest BCUT2D eigenvalue weighted by molar-refractivity contribution is 0.324. The predicted octanol–water partition coefficient (Wildman–Crippen LogP) is 1.47. The zero-order valence-corrected chi connectivity index (χ0v) is 5.92. The van der Waals surface area contributed by atoms with Crippen LogP contribution in [0, 0.1) is 17.2 Å². The van der Waals surface area contributed by atoms with Crippen LogP contribution in [-0.2, 0) is 4.74 Å². The van der Waals surface area contributed by atoms with Crippen molar-refractivity contribution in [3.63, 3.8) is 0 Å². The SMILES string of the molecule is N#CC[C@H]1CCC[C@@H]2O[C@H]12. The number of hydrogen-bond acceptors (Lipinski definition) is 2. The molecule has 1 saturated heterocycles. The van der Waals surface area contributed by atoms with Gasteiger partial charge in [0.2, 0.25) is 0 Å². The third-order valence-electron chi connectivity index (χ3n) is 2.50. The van der Waals surface area contributed by atoms with Crippen molar-refractivity contribution in [2.75, 3.05) is 0 Å². The van der Waals surface area contributed by atoms with E-state index in [9.17, 15) is 0 Å². The predicted molar refractivity (Wildman–Crippen MR) is 36.2 cm³/mol. The van der Waals surface area contributed by atoms with Crippen LogP contribution in [0.3, 0.4) is 0 Å². The molecule has 1 saturated carbocycles. The lowest BCUT2D eigenvalue weighted by Gasteiger charge is -2.13. The van der Waals surface area contributed by atoms with Gasteiger partial charge in [0.25, 0.3) is 0 Å². The summed E-state index contributed by atoms with van der Waals surface area (Å²) in [6.07, 6.45) is 5.39. The van der Waals surface area contributed by atoms with E-state index in [-0.39, 0.29) is 0 Å². The number of rotatable bonds is 1. The monoisotopic (exact) mass is 137 g/mol. The highest BCUT2D eigenvalue weighted by molar-refractivity contribution is 4.97. The largest absolute Gasteiger partial charge is 0.369 e. The molecule has 0 aromatic rings. The summed E-state index contributed by atoms with van der Waals surface area (Å²) < 4.78 is 5.39. The van der Waals surface area contributed by atoms with Crippen LogP contribution >= 0.6 is 0 Å². The van der Waals surface area contributed by atoms with Gasteiger partial charge >= 0.3 is 0 Å². The molecule has 1 aliphatic carbocycles. The van der Waals surface area contributed by atoms with Gasteiger partial charge in [0.1, 0.15) is 0 Å². The van der Waals surface area contributed by atoms with E-state index in [1.807, 2.05) is 0 Å². The van der Waals surface area contributed by atoms with E-state index in [1.54, 1.807) is 0 Å². The molecule has 0 bridgehead atoms. The van der Waals surface area contributed by atoms with E-state index in [0.717, 1.165) is 0 Å². The molecule has 1 aliphatic heterocycles. The van der Waals surface area contributed by atoms with Crippen molar-refractivity contribution in [2.24, 2.45) is 5.92 Å². The molecule has 2 rings (SSSR count). The maximum atomic E-state index is 8.45. The first kappa shape index (κ1) is 6.18. The molecule has 0 aromatic carbocycles. The summed E-state index contributed by atoms with van der Waals surface area (Å²) in [5.41, 5.74) is 0. The normalized spacial score (nSPS) is 43.7. The summed E-state index contributed by atoms with van der Waals surface area (Å²) in [6, 6.07) is 2.21. The second-order valence-electron chi connectivity index (χ2n) is 3.19. The van der Waals surface area contributed by atoms with Gasteiger partial charge in [-0.15, -0.1) is 0 Å². The average molecular weight is 137 g/mol. The van der Waals surface area contributed by atoms with Crippen molar-refractivity contribution in [1.29, 1.82) is 5.26 Å². The third kappa shape index (κ3) is 0.911. The highest BCUT2D eigenvalue weighted by Gasteiger charge is 2.46. The Kier molecular flexibility index (Phi) is 1.39. The van der Waals surface area contributed by atoms with Gasteiger partial charge in [-0.3, -0.25) is 0 Å². The average Bonchev–Trinajstić information content (AvgIpc) is 2.67. The standard InChI is InChI=1S/C8H11NO/c9-5-4-6-2-1-3-7-8(6)10-7/h6-8H,1-4H2/t6-,7+,8-/m1/s1. The fraction of sp³-hybridized carbons (Fsp3) is 0.875. The Morgan fingerprint density at radius 1 is 1.50 bits per heavy atom. The second-order valence-corrected chi connectivity index (χ2v) is 3.19. The van der Waals surface area contributed by atoms with Crippen molar-refractivity contribution >= 4 is 0 Å². The number of hydrogen-bond donors (Lipinski definition) is 0. The number of nitriles is 1. The van der Waals surface area contributed by atoms with Crippen molar-refractivity contribution in [3.05, 3.63) is 0 Å². The van der Waals surface area contributed by atoms with E-state index >= 15 is 0 Å². The molecule has 2 fully saturated rings. The summed E-state index contributed by atoms with van der Waals surface area (Å²) in [7, 11) is 0. The minimum absolute atomic E-state index is 0.466. The molecule has 0 amide bonds. The number of epoxide rings is 1. The molecule has 2 heteroatoms. The summed E-state index contributed by atoms with van der Waals surface area (Å²) in [5, 5.41) is 8.45. The lowest BCUT2D eigenvalue weighted by Crippen LogP contribution is -2.15.